The zero-order chi connectivity index (χ0) is 24.6. The number of nitrogens with zero attached hydrogens (tertiary/aromatic N) is 2. The SMILES string of the molecule is COc1ccc(CN2CCN(S(=O)(=O)c3ccc(F)cc3)CC2)c(OC)c1.O=C(O)C(=O)O. The van der Waals surface area contributed by atoms with Crippen molar-refractivity contribution in [1.29, 1.82) is 0 Å². The summed E-state index contributed by atoms with van der Waals surface area (Å²) in [6.45, 7) is 2.65. The van der Waals surface area contributed by atoms with Crippen molar-refractivity contribution < 1.29 is 42.1 Å². The Kier molecular flexibility index (Phi) is 9.14. The third kappa shape index (κ3) is 7.14. The number of carboxylic acids is 2. The first-order valence-electron chi connectivity index (χ1n) is 9.73. The Morgan fingerprint density at radius 1 is 0.939 bits per heavy atom. The lowest BCUT2D eigenvalue weighted by Crippen LogP contribution is -2.48. The molecule has 1 saturated heterocycles. The van der Waals surface area contributed by atoms with Crippen LogP contribution in [-0.2, 0) is 26.2 Å². The van der Waals surface area contributed by atoms with Crippen LogP contribution in [0.2, 0.25) is 0 Å². The summed E-state index contributed by atoms with van der Waals surface area (Å²) in [4.78, 5) is 20.5. The molecule has 0 radical (unpaired) electrons. The van der Waals surface area contributed by atoms with E-state index in [0.29, 0.717) is 32.7 Å². The smallest absolute Gasteiger partial charge is 0.414 e. The number of benzene rings is 2. The Hall–Kier alpha value is -3.22. The third-order valence-corrected chi connectivity index (χ3v) is 6.77. The summed E-state index contributed by atoms with van der Waals surface area (Å²) < 4.78 is 50.5. The quantitative estimate of drug-likeness (QED) is 0.585. The summed E-state index contributed by atoms with van der Waals surface area (Å²) in [5.74, 6) is -2.63. The minimum atomic E-state index is -3.60. The normalized spacial score (nSPS) is 14.6. The molecule has 2 aromatic carbocycles. The highest BCUT2D eigenvalue weighted by molar-refractivity contribution is 7.89. The van der Waals surface area contributed by atoms with E-state index in [2.05, 4.69) is 4.90 Å². The summed E-state index contributed by atoms with van der Waals surface area (Å²) in [6.07, 6.45) is 0. The molecule has 0 unspecified atom stereocenters. The van der Waals surface area contributed by atoms with E-state index < -0.39 is 27.8 Å². The molecule has 1 fully saturated rings. The van der Waals surface area contributed by atoms with Crippen LogP contribution in [0, 0.1) is 5.82 Å². The molecule has 0 saturated carbocycles. The van der Waals surface area contributed by atoms with Crippen LogP contribution in [0.15, 0.2) is 47.4 Å². The highest BCUT2D eigenvalue weighted by Gasteiger charge is 2.28. The van der Waals surface area contributed by atoms with Gasteiger partial charge in [-0.25, -0.2) is 22.4 Å². The minimum absolute atomic E-state index is 0.120. The van der Waals surface area contributed by atoms with Gasteiger partial charge in [0.25, 0.3) is 0 Å². The molecule has 1 aliphatic rings. The molecule has 180 valence electrons. The maximum absolute atomic E-state index is 13.1. The highest BCUT2D eigenvalue weighted by Crippen LogP contribution is 2.26. The first kappa shape index (κ1) is 26.0. The van der Waals surface area contributed by atoms with Crippen LogP contribution < -0.4 is 9.47 Å². The van der Waals surface area contributed by atoms with Gasteiger partial charge in [0.15, 0.2) is 0 Å². The number of rotatable bonds is 6. The van der Waals surface area contributed by atoms with Crippen LogP contribution in [-0.4, -0.2) is 80.2 Å². The van der Waals surface area contributed by atoms with E-state index in [9.17, 15) is 12.8 Å². The van der Waals surface area contributed by atoms with Crippen molar-refractivity contribution in [2.75, 3.05) is 40.4 Å². The van der Waals surface area contributed by atoms with Crippen LogP contribution in [0.4, 0.5) is 4.39 Å². The van der Waals surface area contributed by atoms with E-state index in [1.54, 1.807) is 14.2 Å². The first-order chi connectivity index (χ1) is 15.6. The van der Waals surface area contributed by atoms with E-state index in [4.69, 9.17) is 29.3 Å². The van der Waals surface area contributed by atoms with Gasteiger partial charge in [-0.1, -0.05) is 6.07 Å². The summed E-state index contributed by atoms with van der Waals surface area (Å²) in [6, 6.07) is 10.6. The van der Waals surface area contributed by atoms with Crippen molar-refractivity contribution in [2.45, 2.75) is 11.4 Å². The molecule has 2 N–H and O–H groups in total. The zero-order valence-corrected chi connectivity index (χ0v) is 18.9. The lowest BCUT2D eigenvalue weighted by Gasteiger charge is -2.34. The number of halogens is 1. The number of carbonyl (C=O) groups is 2. The highest BCUT2D eigenvalue weighted by atomic mass is 32.2. The molecule has 0 atom stereocenters. The van der Waals surface area contributed by atoms with Crippen LogP contribution in [0.1, 0.15) is 5.56 Å². The largest absolute Gasteiger partial charge is 0.497 e. The molecular weight excluding hydrogens is 459 g/mol. The predicted molar refractivity (Wildman–Crippen MR) is 115 cm³/mol. The average Bonchev–Trinajstić information content (AvgIpc) is 2.80. The van der Waals surface area contributed by atoms with Crippen molar-refractivity contribution in [2.24, 2.45) is 0 Å². The summed E-state index contributed by atoms with van der Waals surface area (Å²) in [7, 11) is -0.375. The lowest BCUT2D eigenvalue weighted by molar-refractivity contribution is -0.159. The second-order valence-electron chi connectivity index (χ2n) is 6.92. The van der Waals surface area contributed by atoms with E-state index in [-0.39, 0.29) is 4.90 Å². The van der Waals surface area contributed by atoms with Crippen molar-refractivity contribution in [1.82, 2.24) is 9.21 Å². The molecule has 0 spiro atoms. The minimum Gasteiger partial charge on any atom is -0.497 e. The van der Waals surface area contributed by atoms with Crippen LogP contribution in [0.5, 0.6) is 11.5 Å². The van der Waals surface area contributed by atoms with E-state index in [0.717, 1.165) is 17.1 Å². The van der Waals surface area contributed by atoms with Crippen molar-refractivity contribution in [3.63, 3.8) is 0 Å². The Balaban J connectivity index is 0.000000569. The maximum Gasteiger partial charge on any atom is 0.414 e. The van der Waals surface area contributed by atoms with Gasteiger partial charge in [0.1, 0.15) is 17.3 Å². The monoisotopic (exact) mass is 484 g/mol. The fourth-order valence-electron chi connectivity index (χ4n) is 3.11. The molecule has 12 heteroatoms. The Morgan fingerprint density at radius 3 is 2.00 bits per heavy atom. The van der Waals surface area contributed by atoms with E-state index >= 15 is 0 Å². The molecule has 0 amide bonds. The van der Waals surface area contributed by atoms with Gasteiger partial charge in [0, 0.05) is 44.4 Å². The standard InChI is InChI=1S/C19H23FN2O4S.C2H2O4/c1-25-17-6-3-15(19(13-17)26-2)14-21-9-11-22(12-10-21)27(23,24)18-7-4-16(20)5-8-18;3-1(4)2(5)6/h3-8,13H,9-12,14H2,1-2H3;(H,3,4)(H,5,6). The zero-order valence-electron chi connectivity index (χ0n) is 18.1. The number of hydrogen-bond acceptors (Lipinski definition) is 7. The molecule has 33 heavy (non-hydrogen) atoms. The summed E-state index contributed by atoms with van der Waals surface area (Å²) in [5.41, 5.74) is 1.02. The molecule has 10 nitrogen and oxygen atoms in total. The van der Waals surface area contributed by atoms with Gasteiger partial charge < -0.3 is 19.7 Å². The molecule has 0 aliphatic carbocycles. The van der Waals surface area contributed by atoms with Crippen LogP contribution in [0.25, 0.3) is 0 Å². The Bertz CT molecular complexity index is 1060. The van der Waals surface area contributed by atoms with Gasteiger partial charge in [-0.15, -0.1) is 0 Å². The summed E-state index contributed by atoms with van der Waals surface area (Å²) in [5, 5.41) is 14.8. The number of sulfonamides is 1. The number of carboxylic acid groups (broad SMARTS) is 2. The van der Waals surface area contributed by atoms with E-state index in [1.807, 2.05) is 18.2 Å². The second kappa shape index (κ2) is 11.6. The third-order valence-electron chi connectivity index (χ3n) is 4.85. The van der Waals surface area contributed by atoms with E-state index in [1.165, 1.54) is 28.6 Å². The molecule has 3 rings (SSSR count). The molecule has 0 aromatic heterocycles. The molecule has 2 aromatic rings. The summed E-state index contributed by atoms with van der Waals surface area (Å²) >= 11 is 0. The van der Waals surface area contributed by atoms with Crippen molar-refractivity contribution in [3.8, 4) is 11.5 Å². The number of ether oxygens (including phenoxy) is 2. The van der Waals surface area contributed by atoms with Crippen molar-refractivity contribution in [3.05, 3.63) is 53.8 Å². The Labute approximate surface area is 190 Å². The lowest BCUT2D eigenvalue weighted by atomic mass is 10.1. The molecule has 1 aliphatic heterocycles. The van der Waals surface area contributed by atoms with Gasteiger partial charge >= 0.3 is 11.9 Å². The number of aliphatic carboxylic acids is 2. The second-order valence-corrected chi connectivity index (χ2v) is 8.86. The molecular formula is C21H25FN2O8S. The first-order valence-corrected chi connectivity index (χ1v) is 11.2. The molecule has 1 heterocycles. The average molecular weight is 485 g/mol. The van der Waals surface area contributed by atoms with Gasteiger partial charge in [-0.2, -0.15) is 4.31 Å². The van der Waals surface area contributed by atoms with Crippen LogP contribution in [0.3, 0.4) is 0 Å². The fraction of sp³-hybridized carbons (Fsp3) is 0.333. The van der Waals surface area contributed by atoms with Crippen LogP contribution >= 0.6 is 0 Å². The van der Waals surface area contributed by atoms with Gasteiger partial charge in [-0.05, 0) is 30.3 Å². The number of piperazine rings is 1. The Morgan fingerprint density at radius 2 is 1.52 bits per heavy atom. The van der Waals surface area contributed by atoms with Gasteiger partial charge in [0.2, 0.25) is 10.0 Å². The molecule has 0 bridgehead atoms. The number of hydrogen-bond donors (Lipinski definition) is 2. The fourth-order valence-corrected chi connectivity index (χ4v) is 4.53. The van der Waals surface area contributed by atoms with Gasteiger partial charge in [0.05, 0.1) is 19.1 Å². The van der Waals surface area contributed by atoms with Crippen molar-refractivity contribution >= 4 is 22.0 Å². The predicted octanol–water partition coefficient (Wildman–Crippen LogP) is 1.50. The maximum atomic E-state index is 13.1. The number of methoxy groups -OCH3 is 2. The van der Waals surface area contributed by atoms with Gasteiger partial charge in [-0.3, -0.25) is 4.90 Å². The topological polar surface area (TPSA) is 134 Å².